The topological polar surface area (TPSA) is 48.9 Å². The van der Waals surface area contributed by atoms with Gasteiger partial charge in [-0.3, -0.25) is 4.79 Å². The van der Waals surface area contributed by atoms with Gasteiger partial charge in [0.1, 0.15) is 17.7 Å². The fourth-order valence-corrected chi connectivity index (χ4v) is 3.50. The van der Waals surface area contributed by atoms with E-state index in [9.17, 15) is 4.79 Å². The minimum absolute atomic E-state index is 0.0971. The molecule has 27 heavy (non-hydrogen) atoms. The van der Waals surface area contributed by atoms with Gasteiger partial charge >= 0.3 is 0 Å². The van der Waals surface area contributed by atoms with Gasteiger partial charge in [0.25, 0.3) is 5.91 Å². The van der Waals surface area contributed by atoms with E-state index >= 15 is 0 Å². The maximum atomic E-state index is 12.8. The van der Waals surface area contributed by atoms with Crippen LogP contribution < -0.4 is 9.64 Å². The molecule has 3 heterocycles. The van der Waals surface area contributed by atoms with Crippen LogP contribution in [0, 0.1) is 6.92 Å². The first-order valence-corrected chi connectivity index (χ1v) is 9.50. The number of pyridine rings is 1. The predicted octanol–water partition coefficient (Wildman–Crippen LogP) is 2.05. The van der Waals surface area contributed by atoms with Crippen molar-refractivity contribution in [3.63, 3.8) is 0 Å². The number of aromatic nitrogens is 1. The van der Waals surface area contributed by atoms with E-state index in [0.29, 0.717) is 5.56 Å². The molecule has 0 bridgehead atoms. The number of hydrogen-bond donors (Lipinski definition) is 0. The number of amides is 1. The molecule has 1 amide bonds. The molecule has 2 aliphatic rings. The zero-order valence-electron chi connectivity index (χ0n) is 16.0. The van der Waals surface area contributed by atoms with E-state index < -0.39 is 0 Å². The molecule has 4 rings (SSSR count). The lowest BCUT2D eigenvalue weighted by Gasteiger charge is -2.40. The summed E-state index contributed by atoms with van der Waals surface area (Å²) in [6.07, 6.45) is 1.89. The molecule has 142 valence electrons. The van der Waals surface area contributed by atoms with Gasteiger partial charge in [-0.15, -0.1) is 0 Å². The lowest BCUT2D eigenvalue weighted by molar-refractivity contribution is 0.0664. The number of carbonyl (C=O) groups is 1. The zero-order chi connectivity index (χ0) is 18.8. The van der Waals surface area contributed by atoms with Crippen LogP contribution in [0.5, 0.6) is 5.75 Å². The number of aryl methyl sites for hydroxylation is 1. The van der Waals surface area contributed by atoms with Crippen LogP contribution in [0.25, 0.3) is 0 Å². The van der Waals surface area contributed by atoms with Crippen molar-refractivity contribution < 1.29 is 9.53 Å². The number of anilines is 1. The van der Waals surface area contributed by atoms with Crippen molar-refractivity contribution in [2.24, 2.45) is 0 Å². The fourth-order valence-electron chi connectivity index (χ4n) is 3.50. The normalized spacial score (nSPS) is 18.3. The van der Waals surface area contributed by atoms with Gasteiger partial charge in [-0.2, -0.15) is 0 Å². The molecule has 0 unspecified atom stereocenters. The minimum Gasteiger partial charge on any atom is -0.487 e. The van der Waals surface area contributed by atoms with Gasteiger partial charge in [0.15, 0.2) is 0 Å². The summed E-state index contributed by atoms with van der Waals surface area (Å²) in [6.45, 7) is 7.04. The minimum atomic E-state index is 0.0971. The van der Waals surface area contributed by atoms with Crippen molar-refractivity contribution in [1.82, 2.24) is 14.8 Å². The van der Waals surface area contributed by atoms with Crippen molar-refractivity contribution in [3.8, 4) is 5.75 Å². The third-order valence-electron chi connectivity index (χ3n) is 5.25. The van der Waals surface area contributed by atoms with Gasteiger partial charge in [0.2, 0.25) is 0 Å². The highest BCUT2D eigenvalue weighted by Crippen LogP contribution is 2.24. The second-order valence-corrected chi connectivity index (χ2v) is 7.46. The largest absolute Gasteiger partial charge is 0.487 e. The van der Waals surface area contributed by atoms with Crippen LogP contribution in [-0.2, 0) is 0 Å². The number of carbonyl (C=O) groups excluding carboxylic acids is 1. The molecule has 6 heteroatoms. The molecule has 0 N–H and O–H groups in total. The maximum Gasteiger partial charge on any atom is 0.254 e. The van der Waals surface area contributed by atoms with Gasteiger partial charge in [-0.25, -0.2) is 4.98 Å². The van der Waals surface area contributed by atoms with Crippen LogP contribution in [0.1, 0.15) is 15.9 Å². The predicted molar refractivity (Wildman–Crippen MR) is 105 cm³/mol. The number of piperazine rings is 1. The number of ether oxygens (including phenoxy) is 1. The lowest BCUT2D eigenvalue weighted by Crippen LogP contribution is -2.54. The average Bonchev–Trinajstić information content (AvgIpc) is 2.64. The molecule has 0 saturated carbocycles. The summed E-state index contributed by atoms with van der Waals surface area (Å²) in [5.74, 6) is 1.85. The molecule has 0 aliphatic carbocycles. The number of hydrogen-bond acceptors (Lipinski definition) is 5. The van der Waals surface area contributed by atoms with E-state index in [1.165, 1.54) is 5.56 Å². The summed E-state index contributed by atoms with van der Waals surface area (Å²) >= 11 is 0. The van der Waals surface area contributed by atoms with Crippen LogP contribution in [0.3, 0.4) is 0 Å². The smallest absolute Gasteiger partial charge is 0.254 e. The SMILES string of the molecule is Cc1cccc(OC2CN(c3cc(C(=O)N4CCN(C)CC4)ccn3)C2)c1. The van der Waals surface area contributed by atoms with E-state index in [1.54, 1.807) is 6.20 Å². The van der Waals surface area contributed by atoms with E-state index in [-0.39, 0.29) is 12.0 Å². The molecule has 0 spiro atoms. The van der Waals surface area contributed by atoms with Crippen molar-refractivity contribution in [2.75, 3.05) is 51.2 Å². The molecule has 1 aromatic heterocycles. The van der Waals surface area contributed by atoms with Gasteiger partial charge in [-0.05, 0) is 43.8 Å². The number of rotatable bonds is 4. The van der Waals surface area contributed by atoms with Crippen molar-refractivity contribution >= 4 is 11.7 Å². The zero-order valence-corrected chi connectivity index (χ0v) is 16.0. The Bertz CT molecular complexity index is 811. The quantitative estimate of drug-likeness (QED) is 0.829. The van der Waals surface area contributed by atoms with E-state index in [0.717, 1.165) is 50.8 Å². The molecular formula is C21H26N4O2. The Hall–Kier alpha value is -2.60. The van der Waals surface area contributed by atoms with E-state index in [4.69, 9.17) is 4.74 Å². The van der Waals surface area contributed by atoms with Crippen LogP contribution in [0.2, 0.25) is 0 Å². The fraction of sp³-hybridized carbons (Fsp3) is 0.429. The summed E-state index contributed by atoms with van der Waals surface area (Å²) in [6, 6.07) is 11.8. The van der Waals surface area contributed by atoms with E-state index in [2.05, 4.69) is 40.9 Å². The third-order valence-corrected chi connectivity index (χ3v) is 5.25. The Morgan fingerprint density at radius 1 is 1.11 bits per heavy atom. The second kappa shape index (κ2) is 7.56. The highest BCUT2D eigenvalue weighted by molar-refractivity contribution is 5.95. The van der Waals surface area contributed by atoms with E-state index in [1.807, 2.05) is 29.2 Å². The average molecular weight is 366 g/mol. The Balaban J connectivity index is 1.35. The summed E-state index contributed by atoms with van der Waals surface area (Å²) in [5, 5.41) is 0. The first kappa shape index (κ1) is 17.8. The first-order chi connectivity index (χ1) is 13.1. The van der Waals surface area contributed by atoms with Crippen molar-refractivity contribution in [1.29, 1.82) is 0 Å². The molecule has 2 saturated heterocycles. The van der Waals surface area contributed by atoms with Crippen LogP contribution in [0.4, 0.5) is 5.82 Å². The standard InChI is InChI=1S/C21H26N4O2/c1-16-4-3-5-18(12-16)27-19-14-25(15-19)20-13-17(6-7-22-20)21(26)24-10-8-23(2)9-11-24/h3-7,12-13,19H,8-11,14-15H2,1-2H3. The highest BCUT2D eigenvalue weighted by Gasteiger charge is 2.30. The van der Waals surface area contributed by atoms with Crippen LogP contribution in [0.15, 0.2) is 42.6 Å². The Labute approximate surface area is 160 Å². The number of nitrogens with zero attached hydrogens (tertiary/aromatic N) is 4. The number of benzene rings is 1. The summed E-state index contributed by atoms with van der Waals surface area (Å²) in [4.78, 5) is 23.5. The van der Waals surface area contributed by atoms with Crippen LogP contribution in [-0.4, -0.2) is 73.1 Å². The number of likely N-dealkylation sites (N-methyl/N-ethyl adjacent to an activating group) is 1. The Morgan fingerprint density at radius 3 is 2.63 bits per heavy atom. The van der Waals surface area contributed by atoms with Crippen molar-refractivity contribution in [3.05, 3.63) is 53.7 Å². The maximum absolute atomic E-state index is 12.8. The summed E-state index contributed by atoms with van der Waals surface area (Å²) in [5.41, 5.74) is 1.91. The molecule has 6 nitrogen and oxygen atoms in total. The molecule has 0 atom stereocenters. The molecule has 1 aromatic carbocycles. The summed E-state index contributed by atoms with van der Waals surface area (Å²) < 4.78 is 6.02. The van der Waals surface area contributed by atoms with Gasteiger partial charge < -0.3 is 19.4 Å². The molecule has 2 aliphatic heterocycles. The monoisotopic (exact) mass is 366 g/mol. The molecule has 2 aromatic rings. The Kier molecular flexibility index (Phi) is 4.99. The molecule has 2 fully saturated rings. The van der Waals surface area contributed by atoms with Gasteiger partial charge in [0, 0.05) is 37.9 Å². The van der Waals surface area contributed by atoms with Gasteiger partial charge in [0.05, 0.1) is 13.1 Å². The Morgan fingerprint density at radius 2 is 1.89 bits per heavy atom. The summed E-state index contributed by atoms with van der Waals surface area (Å²) in [7, 11) is 2.09. The first-order valence-electron chi connectivity index (χ1n) is 9.50. The molecular weight excluding hydrogens is 340 g/mol. The van der Waals surface area contributed by atoms with Crippen molar-refractivity contribution in [2.45, 2.75) is 13.0 Å². The second-order valence-electron chi connectivity index (χ2n) is 7.46. The highest BCUT2D eigenvalue weighted by atomic mass is 16.5. The third kappa shape index (κ3) is 4.06. The lowest BCUT2D eigenvalue weighted by atomic mass is 10.1. The van der Waals surface area contributed by atoms with Crippen LogP contribution >= 0.6 is 0 Å². The van der Waals surface area contributed by atoms with Gasteiger partial charge in [-0.1, -0.05) is 12.1 Å². The molecule has 0 radical (unpaired) electrons.